The van der Waals surface area contributed by atoms with Crippen molar-refractivity contribution in [1.29, 1.82) is 0 Å². The second-order valence-electron chi connectivity index (χ2n) is 6.07. The maximum absolute atomic E-state index is 12.7. The van der Waals surface area contributed by atoms with Gasteiger partial charge < -0.3 is 10.5 Å². The van der Waals surface area contributed by atoms with Crippen molar-refractivity contribution in [3.05, 3.63) is 27.7 Å². The molecule has 2 N–H and O–H groups in total. The first-order valence-electron chi connectivity index (χ1n) is 7.70. The highest BCUT2D eigenvalue weighted by Crippen LogP contribution is 2.31. The van der Waals surface area contributed by atoms with Crippen LogP contribution in [0.1, 0.15) is 43.0 Å². The van der Waals surface area contributed by atoms with Crippen LogP contribution in [-0.2, 0) is 4.74 Å². The molecule has 2 aromatic heterocycles. The molecule has 1 saturated carbocycles. The molecule has 22 heavy (non-hydrogen) atoms. The Morgan fingerprint density at radius 1 is 1.23 bits per heavy atom. The first kappa shape index (κ1) is 15.0. The van der Waals surface area contributed by atoms with Gasteiger partial charge in [-0.05, 0) is 45.6 Å². The van der Waals surface area contributed by atoms with Crippen LogP contribution in [0.4, 0.5) is 5.95 Å². The summed E-state index contributed by atoms with van der Waals surface area (Å²) in [5.74, 6) is 0.215. The number of pyridine rings is 1. The molecule has 1 fully saturated rings. The van der Waals surface area contributed by atoms with Gasteiger partial charge in [-0.2, -0.15) is 4.98 Å². The van der Waals surface area contributed by atoms with Crippen molar-refractivity contribution in [1.82, 2.24) is 14.5 Å². The summed E-state index contributed by atoms with van der Waals surface area (Å²) in [5.41, 5.74) is 8.00. The molecule has 0 radical (unpaired) electrons. The molecule has 0 aromatic carbocycles. The van der Waals surface area contributed by atoms with Crippen molar-refractivity contribution in [3.8, 4) is 0 Å². The van der Waals surface area contributed by atoms with Gasteiger partial charge in [0.25, 0.3) is 5.56 Å². The van der Waals surface area contributed by atoms with E-state index in [1.165, 1.54) is 0 Å². The van der Waals surface area contributed by atoms with Gasteiger partial charge in [0, 0.05) is 24.1 Å². The molecule has 118 valence electrons. The average molecular weight is 302 g/mol. The summed E-state index contributed by atoms with van der Waals surface area (Å²) in [6.45, 7) is 3.74. The molecule has 0 spiro atoms. The van der Waals surface area contributed by atoms with Crippen molar-refractivity contribution in [3.63, 3.8) is 0 Å². The lowest BCUT2D eigenvalue weighted by atomic mass is 9.92. The maximum atomic E-state index is 12.7. The lowest BCUT2D eigenvalue weighted by Gasteiger charge is -2.29. The molecule has 0 unspecified atom stereocenters. The Bertz CT molecular complexity index is 761. The quantitative estimate of drug-likeness (QED) is 0.918. The zero-order valence-corrected chi connectivity index (χ0v) is 13.3. The van der Waals surface area contributed by atoms with Crippen molar-refractivity contribution < 1.29 is 4.74 Å². The van der Waals surface area contributed by atoms with Crippen molar-refractivity contribution in [2.45, 2.75) is 51.7 Å². The zero-order chi connectivity index (χ0) is 15.9. The second-order valence-corrected chi connectivity index (χ2v) is 6.07. The maximum Gasteiger partial charge on any atom is 0.255 e. The van der Waals surface area contributed by atoms with Crippen molar-refractivity contribution >= 4 is 17.0 Å². The van der Waals surface area contributed by atoms with Gasteiger partial charge in [0.1, 0.15) is 5.65 Å². The number of fused-ring (bicyclic) bond motifs is 1. The Balaban J connectivity index is 2.16. The highest BCUT2D eigenvalue weighted by atomic mass is 16.5. The second kappa shape index (κ2) is 5.68. The number of nitrogen functional groups attached to an aromatic ring is 1. The molecule has 0 saturated heterocycles. The van der Waals surface area contributed by atoms with E-state index < -0.39 is 0 Å². The number of anilines is 1. The number of rotatable bonds is 2. The third-order valence-electron chi connectivity index (χ3n) is 4.62. The summed E-state index contributed by atoms with van der Waals surface area (Å²) in [6.07, 6.45) is 4.05. The normalized spacial score (nSPS) is 22.1. The van der Waals surface area contributed by atoms with Gasteiger partial charge in [0.15, 0.2) is 0 Å². The monoisotopic (exact) mass is 302 g/mol. The molecule has 1 aliphatic rings. The number of hydrogen-bond donors (Lipinski definition) is 1. The standard InChI is InChI=1S/C16H22N4O2/c1-9-8-13-10(2)18-16(17)19-14(13)20(15(9)21)11-4-6-12(22-3)7-5-11/h8,11-12H,4-7H2,1-3H3,(H2,17,18,19). The fourth-order valence-electron chi connectivity index (χ4n) is 3.38. The number of nitrogens with zero attached hydrogens (tertiary/aromatic N) is 3. The average Bonchev–Trinajstić information content (AvgIpc) is 2.50. The van der Waals surface area contributed by atoms with E-state index in [4.69, 9.17) is 10.5 Å². The van der Waals surface area contributed by atoms with Crippen LogP contribution in [0.3, 0.4) is 0 Å². The van der Waals surface area contributed by atoms with E-state index in [1.807, 2.05) is 24.5 Å². The summed E-state index contributed by atoms with van der Waals surface area (Å²) < 4.78 is 7.24. The molecule has 2 heterocycles. The van der Waals surface area contributed by atoms with Gasteiger partial charge in [0.05, 0.1) is 11.8 Å². The number of aromatic nitrogens is 3. The van der Waals surface area contributed by atoms with Crippen LogP contribution in [0, 0.1) is 13.8 Å². The van der Waals surface area contributed by atoms with E-state index in [9.17, 15) is 4.79 Å². The predicted molar refractivity (Wildman–Crippen MR) is 86.0 cm³/mol. The minimum atomic E-state index is 0.0193. The molecule has 3 rings (SSSR count). The summed E-state index contributed by atoms with van der Waals surface area (Å²) >= 11 is 0. The van der Waals surface area contributed by atoms with E-state index in [1.54, 1.807) is 7.11 Å². The topological polar surface area (TPSA) is 83.0 Å². The van der Waals surface area contributed by atoms with E-state index in [0.29, 0.717) is 11.8 Å². The smallest absolute Gasteiger partial charge is 0.255 e. The van der Waals surface area contributed by atoms with Gasteiger partial charge >= 0.3 is 0 Å². The Morgan fingerprint density at radius 2 is 1.91 bits per heavy atom. The van der Waals surface area contributed by atoms with Gasteiger partial charge in [-0.3, -0.25) is 9.36 Å². The molecule has 6 nitrogen and oxygen atoms in total. The molecule has 2 aromatic rings. The highest BCUT2D eigenvalue weighted by Gasteiger charge is 2.25. The third kappa shape index (κ3) is 2.47. The predicted octanol–water partition coefficient (Wildman–Crippen LogP) is 2.12. The molecule has 0 bridgehead atoms. The minimum Gasteiger partial charge on any atom is -0.381 e. The van der Waals surface area contributed by atoms with Crippen LogP contribution >= 0.6 is 0 Å². The number of hydrogen-bond acceptors (Lipinski definition) is 5. The van der Waals surface area contributed by atoms with E-state index in [2.05, 4.69) is 9.97 Å². The van der Waals surface area contributed by atoms with Crippen LogP contribution in [-0.4, -0.2) is 27.7 Å². The molecule has 0 aliphatic heterocycles. The summed E-state index contributed by atoms with van der Waals surface area (Å²) in [4.78, 5) is 21.3. The number of methoxy groups -OCH3 is 1. The minimum absolute atomic E-state index is 0.0193. The van der Waals surface area contributed by atoms with Gasteiger partial charge in [-0.25, -0.2) is 4.98 Å². The van der Waals surface area contributed by atoms with Crippen LogP contribution < -0.4 is 11.3 Å². The summed E-state index contributed by atoms with van der Waals surface area (Å²) in [7, 11) is 1.75. The zero-order valence-electron chi connectivity index (χ0n) is 13.3. The molecular weight excluding hydrogens is 280 g/mol. The van der Waals surface area contributed by atoms with Gasteiger partial charge in [-0.15, -0.1) is 0 Å². The summed E-state index contributed by atoms with van der Waals surface area (Å²) in [5, 5.41) is 0.903. The van der Waals surface area contributed by atoms with Crippen molar-refractivity contribution in [2.75, 3.05) is 12.8 Å². The first-order chi connectivity index (χ1) is 10.5. The van der Waals surface area contributed by atoms with E-state index in [-0.39, 0.29) is 17.5 Å². The number of ether oxygens (including phenoxy) is 1. The SMILES string of the molecule is COC1CCC(n2c(=O)c(C)cc3c(C)nc(N)nc32)CC1. The molecule has 6 heteroatoms. The van der Waals surface area contributed by atoms with Crippen LogP contribution in [0.2, 0.25) is 0 Å². The number of nitrogens with two attached hydrogens (primary N) is 1. The van der Waals surface area contributed by atoms with E-state index >= 15 is 0 Å². The van der Waals surface area contributed by atoms with Gasteiger partial charge in [-0.1, -0.05) is 0 Å². The summed E-state index contributed by atoms with van der Waals surface area (Å²) in [6, 6.07) is 2.01. The Morgan fingerprint density at radius 3 is 2.55 bits per heavy atom. The first-order valence-corrected chi connectivity index (χ1v) is 7.70. The molecule has 1 aliphatic carbocycles. The lowest BCUT2D eigenvalue weighted by molar-refractivity contribution is 0.0585. The van der Waals surface area contributed by atoms with Crippen LogP contribution in [0.5, 0.6) is 0 Å². The Hall–Kier alpha value is -1.95. The highest BCUT2D eigenvalue weighted by molar-refractivity contribution is 5.79. The van der Waals surface area contributed by atoms with E-state index in [0.717, 1.165) is 42.3 Å². The van der Waals surface area contributed by atoms with Crippen LogP contribution in [0.15, 0.2) is 10.9 Å². The largest absolute Gasteiger partial charge is 0.381 e. The van der Waals surface area contributed by atoms with Gasteiger partial charge in [0.2, 0.25) is 5.95 Å². The Labute approximate surface area is 129 Å². The lowest BCUT2D eigenvalue weighted by Crippen LogP contribution is -2.31. The fraction of sp³-hybridized carbons (Fsp3) is 0.562. The third-order valence-corrected chi connectivity index (χ3v) is 4.62. The Kier molecular flexibility index (Phi) is 3.87. The molecule has 0 atom stereocenters. The fourth-order valence-corrected chi connectivity index (χ4v) is 3.38. The van der Waals surface area contributed by atoms with Crippen LogP contribution in [0.25, 0.3) is 11.0 Å². The number of aryl methyl sites for hydroxylation is 2. The molecule has 0 amide bonds. The molecular formula is C16H22N4O2. The van der Waals surface area contributed by atoms with Crippen molar-refractivity contribution in [2.24, 2.45) is 0 Å².